The van der Waals surface area contributed by atoms with E-state index in [4.69, 9.17) is 0 Å². The molecule has 0 unspecified atom stereocenters. The van der Waals surface area contributed by atoms with Gasteiger partial charge >= 0.3 is 0 Å². The number of rotatable bonds is 6. The van der Waals surface area contributed by atoms with Crippen LogP contribution in [0, 0.1) is 0 Å². The summed E-state index contributed by atoms with van der Waals surface area (Å²) in [7, 11) is 0. The van der Waals surface area contributed by atoms with E-state index in [1.54, 1.807) is 0 Å². The van der Waals surface area contributed by atoms with Gasteiger partial charge in [0.05, 0.1) is 5.71 Å². The van der Waals surface area contributed by atoms with Crippen molar-refractivity contribution < 1.29 is 4.79 Å². The molecule has 4 aromatic carbocycles. The maximum absolute atomic E-state index is 12.6. The van der Waals surface area contributed by atoms with E-state index in [1.807, 2.05) is 49.4 Å². The Hall–Kier alpha value is -4.18. The first-order valence-electron chi connectivity index (χ1n) is 11.2. The zero-order valence-electron chi connectivity index (χ0n) is 18.5. The molecule has 4 heteroatoms. The third-order valence-electron chi connectivity index (χ3n) is 6.00. The number of nitrogens with one attached hydrogen (secondary N) is 1. The van der Waals surface area contributed by atoms with Gasteiger partial charge in [0.1, 0.15) is 0 Å². The van der Waals surface area contributed by atoms with E-state index < -0.39 is 0 Å². The molecule has 0 fully saturated rings. The van der Waals surface area contributed by atoms with Crippen molar-refractivity contribution in [3.05, 3.63) is 109 Å². The fourth-order valence-electron chi connectivity index (χ4n) is 4.26. The molecule has 0 radical (unpaired) electrons. The Labute approximate surface area is 193 Å². The van der Waals surface area contributed by atoms with Gasteiger partial charge in [-0.1, -0.05) is 91.0 Å². The summed E-state index contributed by atoms with van der Waals surface area (Å²) in [5, 5.41) is 6.75. The van der Waals surface area contributed by atoms with Crippen LogP contribution in [0.25, 0.3) is 32.9 Å². The second-order valence-electron chi connectivity index (χ2n) is 8.11. The Morgan fingerprint density at radius 3 is 1.91 bits per heavy atom. The fraction of sp³-hybridized carbons (Fsp3) is 0.103. The lowest BCUT2D eigenvalue weighted by atomic mass is 10.0. The number of amides is 1. The van der Waals surface area contributed by atoms with E-state index in [0.717, 1.165) is 27.9 Å². The van der Waals surface area contributed by atoms with Gasteiger partial charge in [-0.2, -0.15) is 5.10 Å². The van der Waals surface area contributed by atoms with E-state index >= 15 is 0 Å². The summed E-state index contributed by atoms with van der Waals surface area (Å²) in [6.07, 6.45) is 0.354. The molecular weight excluding hydrogens is 406 g/mol. The number of aryl methyl sites for hydroxylation is 1. The van der Waals surface area contributed by atoms with Gasteiger partial charge in [0.2, 0.25) is 5.91 Å². The monoisotopic (exact) mass is 431 g/mol. The minimum atomic E-state index is -0.0999. The van der Waals surface area contributed by atoms with E-state index in [-0.39, 0.29) is 5.91 Å². The lowest BCUT2D eigenvalue weighted by Gasteiger charge is -2.08. The maximum Gasteiger partial charge on any atom is 0.241 e. The Kier molecular flexibility index (Phi) is 5.73. The quantitative estimate of drug-likeness (QED) is 0.246. The number of carbonyl (C=O) groups excluding carboxylic acids is 1. The molecular formula is C29H25N3O. The summed E-state index contributed by atoms with van der Waals surface area (Å²) in [6.45, 7) is 2.50. The van der Waals surface area contributed by atoms with Gasteiger partial charge < -0.3 is 4.57 Å². The first kappa shape index (κ1) is 20.7. The summed E-state index contributed by atoms with van der Waals surface area (Å²) in [4.78, 5) is 12.6. The Morgan fingerprint density at radius 2 is 1.27 bits per heavy atom. The van der Waals surface area contributed by atoms with E-state index in [1.165, 1.54) is 16.3 Å². The lowest BCUT2D eigenvalue weighted by molar-refractivity contribution is -0.121. The van der Waals surface area contributed by atoms with Gasteiger partial charge in [0.15, 0.2) is 0 Å². The molecule has 1 aromatic heterocycles. The molecule has 0 aliphatic heterocycles. The molecule has 1 heterocycles. The fourth-order valence-corrected chi connectivity index (χ4v) is 4.26. The lowest BCUT2D eigenvalue weighted by Crippen LogP contribution is -2.20. The van der Waals surface area contributed by atoms with Crippen LogP contribution in [0.4, 0.5) is 0 Å². The first-order valence-corrected chi connectivity index (χ1v) is 11.2. The van der Waals surface area contributed by atoms with Crippen LogP contribution >= 0.6 is 0 Å². The molecule has 0 bridgehead atoms. The van der Waals surface area contributed by atoms with Crippen molar-refractivity contribution in [2.24, 2.45) is 5.10 Å². The van der Waals surface area contributed by atoms with Crippen LogP contribution in [0.3, 0.4) is 0 Å². The number of carbonyl (C=O) groups is 1. The molecule has 0 spiro atoms. The third-order valence-corrected chi connectivity index (χ3v) is 6.00. The second-order valence-corrected chi connectivity index (χ2v) is 8.11. The SMILES string of the molecule is C/C(=N\NC(=O)CCn1c2ccccc2c2ccccc21)c1ccc(-c2ccccc2)cc1. The van der Waals surface area contributed by atoms with Gasteiger partial charge in [-0.3, -0.25) is 4.79 Å². The van der Waals surface area contributed by atoms with Crippen molar-refractivity contribution in [2.45, 2.75) is 19.9 Å². The highest BCUT2D eigenvalue weighted by molar-refractivity contribution is 6.08. The summed E-state index contributed by atoms with van der Waals surface area (Å²) >= 11 is 0. The standard InChI is InChI=1S/C29H25N3O/c1-21(22-15-17-24(18-16-22)23-9-3-2-4-10-23)30-31-29(33)19-20-32-27-13-7-5-11-25(27)26-12-6-8-14-28(26)32/h2-18H,19-20H2,1H3,(H,31,33)/b30-21+. The van der Waals surface area contributed by atoms with Gasteiger partial charge in [-0.05, 0) is 35.7 Å². The first-order chi connectivity index (χ1) is 16.2. The number of fused-ring (bicyclic) bond motifs is 3. The Balaban J connectivity index is 1.26. The van der Waals surface area contributed by atoms with E-state index in [2.05, 4.69) is 75.8 Å². The molecule has 4 nitrogen and oxygen atoms in total. The third kappa shape index (κ3) is 4.28. The molecule has 33 heavy (non-hydrogen) atoms. The van der Waals surface area contributed by atoms with Crippen molar-refractivity contribution in [1.29, 1.82) is 0 Å². The number of hydrogen-bond acceptors (Lipinski definition) is 2. The topological polar surface area (TPSA) is 46.4 Å². The molecule has 1 N–H and O–H groups in total. The summed E-state index contributed by atoms with van der Waals surface area (Å²) < 4.78 is 2.21. The molecule has 162 valence electrons. The Bertz CT molecular complexity index is 1390. The molecule has 5 aromatic rings. The van der Waals surface area contributed by atoms with Crippen LogP contribution in [0.15, 0.2) is 108 Å². The highest BCUT2D eigenvalue weighted by Crippen LogP contribution is 2.28. The van der Waals surface area contributed by atoms with Crippen molar-refractivity contribution in [2.75, 3.05) is 0 Å². The van der Waals surface area contributed by atoms with E-state index in [9.17, 15) is 4.79 Å². The average Bonchev–Trinajstić information content (AvgIpc) is 3.20. The highest BCUT2D eigenvalue weighted by Gasteiger charge is 2.11. The van der Waals surface area contributed by atoms with Gasteiger partial charge in [0.25, 0.3) is 0 Å². The number of hydrogen-bond donors (Lipinski definition) is 1. The minimum absolute atomic E-state index is 0.0999. The number of benzene rings is 4. The van der Waals surface area contributed by atoms with Crippen molar-refractivity contribution in [3.8, 4) is 11.1 Å². The largest absolute Gasteiger partial charge is 0.340 e. The van der Waals surface area contributed by atoms with Crippen LogP contribution < -0.4 is 5.43 Å². The zero-order chi connectivity index (χ0) is 22.6. The number of aromatic nitrogens is 1. The average molecular weight is 432 g/mol. The zero-order valence-corrected chi connectivity index (χ0v) is 18.5. The van der Waals surface area contributed by atoms with Crippen LogP contribution in [-0.4, -0.2) is 16.2 Å². The van der Waals surface area contributed by atoms with Crippen LogP contribution in [0.1, 0.15) is 18.9 Å². The normalized spacial score (nSPS) is 11.7. The number of hydrazone groups is 1. The van der Waals surface area contributed by atoms with Gasteiger partial charge in [-0.25, -0.2) is 5.43 Å². The van der Waals surface area contributed by atoms with Crippen molar-refractivity contribution in [1.82, 2.24) is 9.99 Å². The predicted octanol–water partition coefficient (Wildman–Crippen LogP) is 6.39. The predicted molar refractivity (Wildman–Crippen MR) is 136 cm³/mol. The van der Waals surface area contributed by atoms with Gasteiger partial charge in [-0.15, -0.1) is 0 Å². The molecule has 0 atom stereocenters. The molecule has 1 amide bonds. The molecule has 0 aliphatic carbocycles. The minimum Gasteiger partial charge on any atom is -0.340 e. The summed E-state index contributed by atoms with van der Waals surface area (Å²) in [5.41, 5.74) is 9.10. The van der Waals surface area contributed by atoms with Crippen molar-refractivity contribution >= 4 is 33.4 Å². The maximum atomic E-state index is 12.6. The molecule has 0 saturated carbocycles. The molecule has 0 aliphatic rings. The van der Waals surface area contributed by atoms with Gasteiger partial charge in [0, 0.05) is 34.8 Å². The van der Waals surface area contributed by atoms with Crippen LogP contribution in [0.5, 0.6) is 0 Å². The van der Waals surface area contributed by atoms with E-state index in [0.29, 0.717) is 13.0 Å². The number of para-hydroxylation sites is 2. The molecule has 0 saturated heterocycles. The summed E-state index contributed by atoms with van der Waals surface area (Å²) in [5.74, 6) is -0.0999. The molecule has 5 rings (SSSR count). The van der Waals surface area contributed by atoms with Crippen molar-refractivity contribution in [3.63, 3.8) is 0 Å². The Morgan fingerprint density at radius 1 is 0.727 bits per heavy atom. The highest BCUT2D eigenvalue weighted by atomic mass is 16.2. The second kappa shape index (κ2) is 9.13. The smallest absolute Gasteiger partial charge is 0.241 e. The number of nitrogens with zero attached hydrogens (tertiary/aromatic N) is 2. The van der Waals surface area contributed by atoms with Crippen LogP contribution in [0.2, 0.25) is 0 Å². The van der Waals surface area contributed by atoms with Crippen LogP contribution in [-0.2, 0) is 11.3 Å². The summed E-state index contributed by atoms with van der Waals surface area (Å²) in [6, 6.07) is 35.1.